The van der Waals surface area contributed by atoms with Crippen molar-refractivity contribution in [2.24, 2.45) is 0 Å². The largest absolute Gasteiger partial charge is 0.454 e. The molecule has 0 radical (unpaired) electrons. The highest BCUT2D eigenvalue weighted by atomic mass is 32.2. The molecule has 2 heterocycles. The van der Waals surface area contributed by atoms with Crippen molar-refractivity contribution < 1.29 is 31.9 Å². The van der Waals surface area contributed by atoms with E-state index >= 15 is 0 Å². The van der Waals surface area contributed by atoms with E-state index < -0.39 is 27.6 Å². The number of piperazine rings is 1. The number of nitrogens with one attached hydrogen (secondary N) is 1. The van der Waals surface area contributed by atoms with Crippen LogP contribution in [-0.4, -0.2) is 64.4 Å². The van der Waals surface area contributed by atoms with Crippen molar-refractivity contribution in [1.82, 2.24) is 10.2 Å². The zero-order chi connectivity index (χ0) is 26.9. The molecule has 0 unspecified atom stereocenters. The molecule has 0 saturated carbocycles. The van der Waals surface area contributed by atoms with E-state index in [0.29, 0.717) is 54.5 Å². The average molecular weight is 540 g/mol. The van der Waals surface area contributed by atoms with E-state index in [1.807, 2.05) is 11.0 Å². The second kappa shape index (κ2) is 10.3. The van der Waals surface area contributed by atoms with Crippen molar-refractivity contribution in [3.63, 3.8) is 0 Å². The maximum atomic E-state index is 13.8. The van der Waals surface area contributed by atoms with E-state index in [4.69, 9.17) is 9.47 Å². The van der Waals surface area contributed by atoms with Crippen molar-refractivity contribution in [3.8, 4) is 11.5 Å². The van der Waals surface area contributed by atoms with E-state index in [1.165, 1.54) is 12.1 Å². The molecule has 2 aliphatic rings. The van der Waals surface area contributed by atoms with Gasteiger partial charge in [-0.2, -0.15) is 0 Å². The maximum Gasteiger partial charge on any atom is 0.252 e. The Hall–Kier alpha value is -4.12. The number of ether oxygens (including phenoxy) is 2. The third kappa shape index (κ3) is 5.28. The minimum absolute atomic E-state index is 0.0844. The van der Waals surface area contributed by atoms with Gasteiger partial charge in [0.15, 0.2) is 21.3 Å². The highest BCUT2D eigenvalue weighted by Gasteiger charge is 2.31. The summed E-state index contributed by atoms with van der Waals surface area (Å²) < 4.78 is 48.9. The number of anilines is 1. The third-order valence-electron chi connectivity index (χ3n) is 6.54. The van der Waals surface area contributed by atoms with Gasteiger partial charge in [-0.3, -0.25) is 9.59 Å². The molecule has 0 spiro atoms. The Morgan fingerprint density at radius 1 is 0.921 bits per heavy atom. The first-order valence-corrected chi connectivity index (χ1v) is 13.9. The summed E-state index contributed by atoms with van der Waals surface area (Å²) in [6.07, 6.45) is 1.04. The van der Waals surface area contributed by atoms with Gasteiger partial charge in [-0.05, 0) is 42.0 Å². The lowest BCUT2D eigenvalue weighted by Crippen LogP contribution is -2.52. The van der Waals surface area contributed by atoms with Gasteiger partial charge in [-0.15, -0.1) is 0 Å². The molecule has 3 aromatic rings. The van der Waals surface area contributed by atoms with Crippen LogP contribution in [0.1, 0.15) is 22.0 Å². The zero-order valence-electron chi connectivity index (χ0n) is 20.6. The van der Waals surface area contributed by atoms with Crippen LogP contribution in [0, 0.1) is 5.82 Å². The summed E-state index contributed by atoms with van der Waals surface area (Å²) in [5, 5.41) is 2.85. The van der Waals surface area contributed by atoms with Crippen LogP contribution in [0.2, 0.25) is 0 Å². The molecule has 5 rings (SSSR count). The minimum Gasteiger partial charge on any atom is -0.454 e. The molecule has 11 heteroatoms. The fraction of sp³-hybridized carbons (Fsp3) is 0.259. The van der Waals surface area contributed by atoms with Crippen molar-refractivity contribution in [3.05, 3.63) is 83.7 Å². The number of fused-ring (bicyclic) bond motifs is 1. The number of hydrogen-bond acceptors (Lipinski definition) is 7. The standard InChI is InChI=1S/C27H26FN3O6S/c1-38(34,35)24-16-20(28)8-9-21(24)30-11-13-31(14-12-30)27(33)25(18-5-3-2-4-6-18)29-26(32)19-7-10-22-23(15-19)37-17-36-22/h2-10,15-16,25H,11-14,17H2,1H3,(H,29,32)/t25-/m1/s1. The number of carbonyl (C=O) groups is 2. The molecule has 3 aromatic carbocycles. The van der Waals surface area contributed by atoms with Gasteiger partial charge in [0.2, 0.25) is 12.7 Å². The smallest absolute Gasteiger partial charge is 0.252 e. The molecular weight excluding hydrogens is 513 g/mol. The Kier molecular flexibility index (Phi) is 6.94. The molecule has 198 valence electrons. The number of rotatable bonds is 6. The molecule has 1 saturated heterocycles. The Labute approximate surface area is 219 Å². The number of halogens is 1. The van der Waals surface area contributed by atoms with Crippen molar-refractivity contribution in [2.75, 3.05) is 44.1 Å². The molecule has 0 aromatic heterocycles. The predicted molar refractivity (Wildman–Crippen MR) is 138 cm³/mol. The molecule has 1 N–H and O–H groups in total. The van der Waals surface area contributed by atoms with Crippen LogP contribution in [-0.2, 0) is 14.6 Å². The first kappa shape index (κ1) is 25.5. The summed E-state index contributed by atoms with van der Waals surface area (Å²) in [7, 11) is -3.65. The summed E-state index contributed by atoms with van der Waals surface area (Å²) in [5.41, 5.74) is 1.36. The lowest BCUT2D eigenvalue weighted by Gasteiger charge is -2.38. The summed E-state index contributed by atoms with van der Waals surface area (Å²) >= 11 is 0. The van der Waals surface area contributed by atoms with Crippen LogP contribution in [0.3, 0.4) is 0 Å². The summed E-state index contributed by atoms with van der Waals surface area (Å²) in [6.45, 7) is 1.36. The van der Waals surface area contributed by atoms with E-state index in [1.54, 1.807) is 47.4 Å². The van der Waals surface area contributed by atoms with Crippen LogP contribution in [0.4, 0.5) is 10.1 Å². The van der Waals surface area contributed by atoms with Crippen LogP contribution in [0.25, 0.3) is 0 Å². The number of sulfone groups is 1. The first-order chi connectivity index (χ1) is 18.2. The molecular formula is C27H26FN3O6S. The number of hydrogen-bond donors (Lipinski definition) is 1. The molecule has 9 nitrogen and oxygen atoms in total. The molecule has 0 bridgehead atoms. The van der Waals surface area contributed by atoms with Gasteiger partial charge in [-0.1, -0.05) is 30.3 Å². The third-order valence-corrected chi connectivity index (χ3v) is 7.67. The van der Waals surface area contributed by atoms with Crippen LogP contribution < -0.4 is 19.7 Å². The van der Waals surface area contributed by atoms with Gasteiger partial charge in [0.05, 0.1) is 10.6 Å². The Morgan fingerprint density at radius 3 is 2.34 bits per heavy atom. The van der Waals surface area contributed by atoms with Crippen LogP contribution in [0.15, 0.2) is 71.6 Å². The molecule has 38 heavy (non-hydrogen) atoms. The van der Waals surface area contributed by atoms with Gasteiger partial charge in [0, 0.05) is 38.0 Å². The first-order valence-electron chi connectivity index (χ1n) is 12.0. The Morgan fingerprint density at radius 2 is 1.63 bits per heavy atom. The van der Waals surface area contributed by atoms with E-state index in [9.17, 15) is 22.4 Å². The van der Waals surface area contributed by atoms with Gasteiger partial charge >= 0.3 is 0 Å². The van der Waals surface area contributed by atoms with E-state index in [2.05, 4.69) is 5.32 Å². The normalized spacial score (nSPS) is 15.7. The van der Waals surface area contributed by atoms with E-state index in [0.717, 1.165) is 12.3 Å². The van der Waals surface area contributed by atoms with Crippen molar-refractivity contribution in [1.29, 1.82) is 0 Å². The van der Waals surface area contributed by atoms with Gasteiger partial charge in [0.1, 0.15) is 11.9 Å². The second-order valence-electron chi connectivity index (χ2n) is 9.08. The summed E-state index contributed by atoms with van der Waals surface area (Å²) in [6, 6.07) is 16.5. The average Bonchev–Trinajstić information content (AvgIpc) is 3.39. The molecule has 1 atom stereocenters. The number of nitrogens with zero attached hydrogens (tertiary/aromatic N) is 2. The lowest BCUT2D eigenvalue weighted by molar-refractivity contribution is -0.133. The minimum atomic E-state index is -3.65. The van der Waals surface area contributed by atoms with Gasteiger partial charge < -0.3 is 24.6 Å². The van der Waals surface area contributed by atoms with Crippen molar-refractivity contribution >= 4 is 27.3 Å². The zero-order valence-corrected chi connectivity index (χ0v) is 21.4. The highest BCUT2D eigenvalue weighted by molar-refractivity contribution is 7.90. The SMILES string of the molecule is CS(=O)(=O)c1cc(F)ccc1N1CCN(C(=O)[C@H](NC(=O)c2ccc3c(c2)OCO3)c2ccccc2)CC1. The monoisotopic (exact) mass is 539 g/mol. The topological polar surface area (TPSA) is 105 Å². The molecule has 2 amide bonds. The van der Waals surface area contributed by atoms with E-state index in [-0.39, 0.29) is 17.6 Å². The van der Waals surface area contributed by atoms with Crippen molar-refractivity contribution in [2.45, 2.75) is 10.9 Å². The number of benzene rings is 3. The van der Waals surface area contributed by atoms with Crippen LogP contribution in [0.5, 0.6) is 11.5 Å². The molecule has 1 fully saturated rings. The Balaban J connectivity index is 1.33. The fourth-order valence-electron chi connectivity index (χ4n) is 4.58. The quantitative estimate of drug-likeness (QED) is 0.514. The van der Waals surface area contributed by atoms with Crippen LogP contribution >= 0.6 is 0 Å². The highest BCUT2D eigenvalue weighted by Crippen LogP contribution is 2.33. The van der Waals surface area contributed by atoms with Gasteiger partial charge in [-0.25, -0.2) is 12.8 Å². The Bertz CT molecular complexity index is 1470. The lowest BCUT2D eigenvalue weighted by atomic mass is 10.0. The molecule has 2 aliphatic heterocycles. The molecule has 0 aliphatic carbocycles. The number of carbonyl (C=O) groups excluding carboxylic acids is 2. The summed E-state index contributed by atoms with van der Waals surface area (Å²) in [5.74, 6) is -0.339. The second-order valence-corrected chi connectivity index (χ2v) is 11.1. The maximum absolute atomic E-state index is 13.8. The predicted octanol–water partition coefficient (Wildman–Crippen LogP) is 2.78. The van der Waals surface area contributed by atoms with Gasteiger partial charge in [0.25, 0.3) is 5.91 Å². The fourth-order valence-corrected chi connectivity index (χ4v) is 5.49. The number of amides is 2. The summed E-state index contributed by atoms with van der Waals surface area (Å²) in [4.78, 5) is 30.2.